The maximum Gasteiger partial charge on any atom is 0.258 e. The molecule has 0 saturated carbocycles. The summed E-state index contributed by atoms with van der Waals surface area (Å²) in [5.41, 5.74) is 2.47. The van der Waals surface area contributed by atoms with E-state index in [2.05, 4.69) is 15.6 Å². The van der Waals surface area contributed by atoms with E-state index >= 15 is 0 Å². The molecular formula is C21H25N3O3. The Morgan fingerprint density at radius 1 is 1.26 bits per heavy atom. The molecule has 1 saturated heterocycles. The standard InChI is InChI=1S/C21H25N3O3/c1-15-7-3-4-11-19(15)23-21(22-14-18-10-6-12-27-18)24-20(25)16-8-5-9-17(13-16)26-2/h3-5,7-9,11,13,18H,6,10,12,14H2,1-2H3,(H2,22,23,24,25)/t18-/m1/s1. The van der Waals surface area contributed by atoms with Gasteiger partial charge in [0.15, 0.2) is 0 Å². The molecular weight excluding hydrogens is 342 g/mol. The van der Waals surface area contributed by atoms with Gasteiger partial charge in [0.05, 0.1) is 19.8 Å². The summed E-state index contributed by atoms with van der Waals surface area (Å²) in [5, 5.41) is 6.10. The number of carbonyl (C=O) groups is 1. The second-order valence-electron chi connectivity index (χ2n) is 6.45. The Kier molecular flexibility index (Phi) is 6.44. The molecule has 27 heavy (non-hydrogen) atoms. The number of para-hydroxylation sites is 1. The van der Waals surface area contributed by atoms with Gasteiger partial charge in [-0.15, -0.1) is 0 Å². The van der Waals surface area contributed by atoms with Gasteiger partial charge in [0.25, 0.3) is 5.91 Å². The SMILES string of the molecule is COc1cccc(C(=O)NC(=NC[C@H]2CCCO2)Nc2ccccc2C)c1. The summed E-state index contributed by atoms with van der Waals surface area (Å²) in [6, 6.07) is 14.9. The van der Waals surface area contributed by atoms with E-state index in [-0.39, 0.29) is 12.0 Å². The van der Waals surface area contributed by atoms with Gasteiger partial charge >= 0.3 is 0 Å². The van der Waals surface area contributed by atoms with Crippen LogP contribution < -0.4 is 15.4 Å². The van der Waals surface area contributed by atoms with Crippen molar-refractivity contribution in [3.8, 4) is 5.75 Å². The zero-order valence-corrected chi connectivity index (χ0v) is 15.7. The number of benzene rings is 2. The first kappa shape index (κ1) is 18.9. The zero-order chi connectivity index (χ0) is 19.1. The predicted molar refractivity (Wildman–Crippen MR) is 107 cm³/mol. The third kappa shape index (κ3) is 5.31. The zero-order valence-electron chi connectivity index (χ0n) is 15.7. The van der Waals surface area contributed by atoms with Crippen molar-refractivity contribution in [2.24, 2.45) is 4.99 Å². The Bertz CT molecular complexity index is 814. The average molecular weight is 367 g/mol. The quantitative estimate of drug-likeness (QED) is 0.628. The van der Waals surface area contributed by atoms with Gasteiger partial charge in [0.1, 0.15) is 5.75 Å². The van der Waals surface area contributed by atoms with Gasteiger partial charge in [0.2, 0.25) is 5.96 Å². The first-order valence-electron chi connectivity index (χ1n) is 9.10. The van der Waals surface area contributed by atoms with E-state index in [1.165, 1.54) is 0 Å². The number of aryl methyl sites for hydroxylation is 1. The van der Waals surface area contributed by atoms with E-state index in [0.29, 0.717) is 23.8 Å². The molecule has 1 aliphatic heterocycles. The van der Waals surface area contributed by atoms with Gasteiger partial charge in [-0.2, -0.15) is 0 Å². The van der Waals surface area contributed by atoms with E-state index in [1.54, 1.807) is 31.4 Å². The highest BCUT2D eigenvalue weighted by Crippen LogP contribution is 2.15. The van der Waals surface area contributed by atoms with Gasteiger partial charge in [-0.05, 0) is 49.6 Å². The first-order valence-corrected chi connectivity index (χ1v) is 9.10. The van der Waals surface area contributed by atoms with Crippen LogP contribution in [0.2, 0.25) is 0 Å². The molecule has 1 heterocycles. The van der Waals surface area contributed by atoms with Crippen LogP contribution in [0, 0.1) is 6.92 Å². The molecule has 1 amide bonds. The summed E-state index contributed by atoms with van der Waals surface area (Å²) in [6.45, 7) is 3.29. The number of ether oxygens (including phenoxy) is 2. The molecule has 6 heteroatoms. The fourth-order valence-corrected chi connectivity index (χ4v) is 2.88. The number of hydrogen-bond acceptors (Lipinski definition) is 4. The molecule has 2 aromatic carbocycles. The number of rotatable bonds is 5. The number of methoxy groups -OCH3 is 1. The largest absolute Gasteiger partial charge is 0.497 e. The minimum atomic E-state index is -0.249. The van der Waals surface area contributed by atoms with Crippen molar-refractivity contribution < 1.29 is 14.3 Å². The van der Waals surface area contributed by atoms with Crippen LogP contribution in [-0.2, 0) is 4.74 Å². The summed E-state index contributed by atoms with van der Waals surface area (Å²) in [4.78, 5) is 17.2. The third-order valence-corrected chi connectivity index (χ3v) is 4.44. The van der Waals surface area contributed by atoms with Crippen LogP contribution in [-0.4, -0.2) is 38.2 Å². The lowest BCUT2D eigenvalue weighted by Crippen LogP contribution is -2.37. The molecule has 0 aromatic heterocycles. The average Bonchev–Trinajstić information content (AvgIpc) is 3.21. The van der Waals surface area contributed by atoms with E-state index < -0.39 is 0 Å². The fourth-order valence-electron chi connectivity index (χ4n) is 2.88. The normalized spacial score (nSPS) is 16.8. The molecule has 0 aliphatic carbocycles. The minimum absolute atomic E-state index is 0.104. The number of nitrogens with one attached hydrogen (secondary N) is 2. The van der Waals surface area contributed by atoms with Gasteiger partial charge in [-0.1, -0.05) is 24.3 Å². The van der Waals surface area contributed by atoms with Crippen LogP contribution in [0.15, 0.2) is 53.5 Å². The first-order chi connectivity index (χ1) is 13.2. The van der Waals surface area contributed by atoms with E-state index in [1.807, 2.05) is 31.2 Å². The highest BCUT2D eigenvalue weighted by molar-refractivity contribution is 6.10. The van der Waals surface area contributed by atoms with Crippen LogP contribution in [0.1, 0.15) is 28.8 Å². The summed E-state index contributed by atoms with van der Waals surface area (Å²) in [7, 11) is 1.57. The van der Waals surface area contributed by atoms with Gasteiger partial charge in [-0.25, -0.2) is 4.99 Å². The maximum atomic E-state index is 12.7. The predicted octanol–water partition coefficient (Wildman–Crippen LogP) is 3.38. The number of anilines is 1. The summed E-state index contributed by atoms with van der Waals surface area (Å²) in [5.74, 6) is 0.793. The molecule has 0 radical (unpaired) electrons. The molecule has 0 spiro atoms. The lowest BCUT2D eigenvalue weighted by Gasteiger charge is -2.15. The number of guanidine groups is 1. The molecule has 142 valence electrons. The Morgan fingerprint density at radius 2 is 2.11 bits per heavy atom. The van der Waals surface area contributed by atoms with Crippen molar-refractivity contribution >= 4 is 17.6 Å². The van der Waals surface area contributed by atoms with E-state index in [0.717, 1.165) is 30.7 Å². The Hall–Kier alpha value is -2.86. The number of amides is 1. The third-order valence-electron chi connectivity index (χ3n) is 4.44. The van der Waals surface area contributed by atoms with Crippen molar-refractivity contribution in [1.29, 1.82) is 0 Å². The Labute approximate surface area is 159 Å². The maximum absolute atomic E-state index is 12.7. The summed E-state index contributed by atoms with van der Waals surface area (Å²) < 4.78 is 10.8. The van der Waals surface area contributed by atoms with Crippen molar-refractivity contribution in [3.63, 3.8) is 0 Å². The highest BCUT2D eigenvalue weighted by Gasteiger charge is 2.16. The van der Waals surface area contributed by atoms with Crippen LogP contribution >= 0.6 is 0 Å². The van der Waals surface area contributed by atoms with Crippen LogP contribution in [0.3, 0.4) is 0 Å². The summed E-state index contributed by atoms with van der Waals surface area (Å²) >= 11 is 0. The Morgan fingerprint density at radius 3 is 2.85 bits per heavy atom. The molecule has 3 rings (SSSR count). The number of hydrogen-bond donors (Lipinski definition) is 2. The molecule has 0 unspecified atom stereocenters. The molecule has 1 aliphatic rings. The van der Waals surface area contributed by atoms with Crippen molar-refractivity contribution in [2.75, 3.05) is 25.6 Å². The Balaban J connectivity index is 1.76. The van der Waals surface area contributed by atoms with Crippen molar-refractivity contribution in [3.05, 3.63) is 59.7 Å². The lowest BCUT2D eigenvalue weighted by molar-refractivity contribution is 0.0975. The highest BCUT2D eigenvalue weighted by atomic mass is 16.5. The molecule has 2 aromatic rings. The van der Waals surface area contributed by atoms with Crippen molar-refractivity contribution in [2.45, 2.75) is 25.9 Å². The van der Waals surface area contributed by atoms with Crippen LogP contribution in [0.25, 0.3) is 0 Å². The van der Waals surface area contributed by atoms with Gasteiger partial charge in [0, 0.05) is 17.9 Å². The molecule has 0 bridgehead atoms. The molecule has 1 atom stereocenters. The lowest BCUT2D eigenvalue weighted by atomic mass is 10.2. The number of aliphatic imine (C=N–C) groups is 1. The number of carbonyl (C=O) groups excluding carboxylic acids is 1. The van der Waals surface area contributed by atoms with Crippen molar-refractivity contribution in [1.82, 2.24) is 5.32 Å². The molecule has 2 N–H and O–H groups in total. The topological polar surface area (TPSA) is 72.0 Å². The van der Waals surface area contributed by atoms with Gasteiger partial charge < -0.3 is 14.8 Å². The smallest absolute Gasteiger partial charge is 0.258 e. The second kappa shape index (κ2) is 9.19. The fraction of sp³-hybridized carbons (Fsp3) is 0.333. The summed E-state index contributed by atoms with van der Waals surface area (Å²) in [6.07, 6.45) is 2.15. The van der Waals surface area contributed by atoms with Crippen LogP contribution in [0.4, 0.5) is 5.69 Å². The second-order valence-corrected chi connectivity index (χ2v) is 6.45. The van der Waals surface area contributed by atoms with E-state index in [4.69, 9.17) is 9.47 Å². The molecule has 1 fully saturated rings. The van der Waals surface area contributed by atoms with E-state index in [9.17, 15) is 4.79 Å². The minimum Gasteiger partial charge on any atom is -0.497 e. The van der Waals surface area contributed by atoms with Crippen LogP contribution in [0.5, 0.6) is 5.75 Å². The molecule has 6 nitrogen and oxygen atoms in total. The monoisotopic (exact) mass is 367 g/mol. The van der Waals surface area contributed by atoms with Gasteiger partial charge in [-0.3, -0.25) is 10.1 Å². The number of nitrogens with zero attached hydrogens (tertiary/aromatic N) is 1.